The van der Waals surface area contributed by atoms with Gasteiger partial charge >= 0.3 is 0 Å². The number of aromatic nitrogens is 3. The monoisotopic (exact) mass is 254 g/mol. The lowest BCUT2D eigenvalue weighted by molar-refractivity contribution is 0.564. The first-order chi connectivity index (χ1) is 8.20. The van der Waals surface area contributed by atoms with E-state index in [9.17, 15) is 4.39 Å². The van der Waals surface area contributed by atoms with Crippen LogP contribution in [0.3, 0.4) is 0 Å². The number of nitrogens with two attached hydrogens (primary N) is 1. The van der Waals surface area contributed by atoms with Gasteiger partial charge < -0.3 is 5.73 Å². The van der Waals surface area contributed by atoms with Crippen LogP contribution in [0.4, 0.5) is 4.39 Å². The highest BCUT2D eigenvalue weighted by Gasteiger charge is 2.06. The fraction of sp³-hybridized carbons (Fsp3) is 0.273. The molecule has 0 fully saturated rings. The summed E-state index contributed by atoms with van der Waals surface area (Å²) in [5.41, 5.74) is 6.83. The first kappa shape index (κ1) is 12.0. The van der Waals surface area contributed by atoms with E-state index >= 15 is 0 Å². The molecule has 0 unspecified atom stereocenters. The standard InChI is InChI=1S/C11H12ClFN4/c12-9-6-8(2-3-10(9)13)11-7-17(16-15-11)5-1-4-14/h2-3,6-7H,1,4-5,14H2. The van der Waals surface area contributed by atoms with Crippen molar-refractivity contribution in [2.75, 3.05) is 6.54 Å². The summed E-state index contributed by atoms with van der Waals surface area (Å²) in [4.78, 5) is 0. The highest BCUT2D eigenvalue weighted by atomic mass is 35.5. The van der Waals surface area contributed by atoms with Crippen molar-refractivity contribution in [2.45, 2.75) is 13.0 Å². The van der Waals surface area contributed by atoms with Crippen molar-refractivity contribution in [3.63, 3.8) is 0 Å². The van der Waals surface area contributed by atoms with Gasteiger partial charge in [0.05, 0.1) is 11.2 Å². The van der Waals surface area contributed by atoms with Gasteiger partial charge in [0.15, 0.2) is 0 Å². The SMILES string of the molecule is NCCCn1cc(-c2ccc(F)c(Cl)c2)nn1. The Kier molecular flexibility index (Phi) is 3.71. The molecule has 17 heavy (non-hydrogen) atoms. The Hall–Kier alpha value is -1.46. The van der Waals surface area contributed by atoms with E-state index in [1.165, 1.54) is 12.1 Å². The topological polar surface area (TPSA) is 56.7 Å². The zero-order valence-corrected chi connectivity index (χ0v) is 9.86. The number of benzene rings is 1. The Morgan fingerprint density at radius 3 is 2.94 bits per heavy atom. The quantitative estimate of drug-likeness (QED) is 0.909. The van der Waals surface area contributed by atoms with Crippen LogP contribution in [0.15, 0.2) is 24.4 Å². The van der Waals surface area contributed by atoms with Gasteiger partial charge in [0.25, 0.3) is 0 Å². The van der Waals surface area contributed by atoms with Crippen molar-refractivity contribution in [1.82, 2.24) is 15.0 Å². The van der Waals surface area contributed by atoms with Crippen molar-refractivity contribution in [2.24, 2.45) is 5.73 Å². The lowest BCUT2D eigenvalue weighted by Crippen LogP contribution is -2.06. The maximum atomic E-state index is 13.0. The molecule has 4 nitrogen and oxygen atoms in total. The zero-order valence-electron chi connectivity index (χ0n) is 9.11. The molecular weight excluding hydrogens is 243 g/mol. The van der Waals surface area contributed by atoms with Crippen LogP contribution in [0.25, 0.3) is 11.3 Å². The molecule has 1 heterocycles. The first-order valence-electron chi connectivity index (χ1n) is 5.26. The normalized spacial score (nSPS) is 10.8. The van der Waals surface area contributed by atoms with E-state index in [-0.39, 0.29) is 5.02 Å². The average molecular weight is 255 g/mol. The smallest absolute Gasteiger partial charge is 0.141 e. The van der Waals surface area contributed by atoms with Gasteiger partial charge in [-0.2, -0.15) is 0 Å². The molecular formula is C11H12ClFN4. The molecule has 0 spiro atoms. The van der Waals surface area contributed by atoms with E-state index in [1.807, 2.05) is 0 Å². The zero-order chi connectivity index (χ0) is 12.3. The van der Waals surface area contributed by atoms with E-state index in [0.29, 0.717) is 12.2 Å². The molecule has 0 amide bonds. The van der Waals surface area contributed by atoms with Crippen molar-refractivity contribution < 1.29 is 4.39 Å². The Bertz CT molecular complexity index is 512. The molecule has 0 aliphatic rings. The van der Waals surface area contributed by atoms with Gasteiger partial charge in [-0.1, -0.05) is 16.8 Å². The van der Waals surface area contributed by atoms with E-state index in [0.717, 1.165) is 18.5 Å². The van der Waals surface area contributed by atoms with Crippen LogP contribution < -0.4 is 5.73 Å². The molecule has 0 radical (unpaired) electrons. The maximum absolute atomic E-state index is 13.0. The molecule has 6 heteroatoms. The molecule has 0 aliphatic heterocycles. The summed E-state index contributed by atoms with van der Waals surface area (Å²) in [5.74, 6) is -0.439. The van der Waals surface area contributed by atoms with Gasteiger partial charge in [-0.25, -0.2) is 4.39 Å². The van der Waals surface area contributed by atoms with E-state index in [4.69, 9.17) is 17.3 Å². The number of rotatable bonds is 4. The Morgan fingerprint density at radius 2 is 2.24 bits per heavy atom. The summed E-state index contributed by atoms with van der Waals surface area (Å²) in [7, 11) is 0. The summed E-state index contributed by atoms with van der Waals surface area (Å²) in [6, 6.07) is 4.48. The van der Waals surface area contributed by atoms with E-state index in [2.05, 4.69) is 10.3 Å². The third-order valence-corrected chi connectivity index (χ3v) is 2.63. The van der Waals surface area contributed by atoms with Crippen LogP contribution >= 0.6 is 11.6 Å². The molecule has 0 saturated heterocycles. The van der Waals surface area contributed by atoms with Crippen LogP contribution in [0, 0.1) is 5.82 Å². The van der Waals surface area contributed by atoms with Gasteiger partial charge in [-0.3, -0.25) is 4.68 Å². The molecule has 0 bridgehead atoms. The minimum absolute atomic E-state index is 0.0824. The summed E-state index contributed by atoms with van der Waals surface area (Å²) >= 11 is 5.71. The molecule has 1 aromatic heterocycles. The van der Waals surface area contributed by atoms with Crippen molar-refractivity contribution in [3.05, 3.63) is 35.2 Å². The van der Waals surface area contributed by atoms with E-state index in [1.54, 1.807) is 16.9 Å². The number of hydrogen-bond donors (Lipinski definition) is 1. The molecule has 2 aromatic rings. The molecule has 0 saturated carbocycles. The summed E-state index contributed by atoms with van der Waals surface area (Å²) < 4.78 is 14.7. The highest BCUT2D eigenvalue weighted by molar-refractivity contribution is 6.31. The largest absolute Gasteiger partial charge is 0.330 e. The van der Waals surface area contributed by atoms with Crippen LogP contribution in [0.2, 0.25) is 5.02 Å². The predicted molar refractivity (Wildman–Crippen MR) is 64.1 cm³/mol. The summed E-state index contributed by atoms with van der Waals surface area (Å²) in [6.07, 6.45) is 2.63. The van der Waals surface area contributed by atoms with Gasteiger partial charge in [-0.05, 0) is 31.2 Å². The summed E-state index contributed by atoms with van der Waals surface area (Å²) in [5, 5.41) is 8.04. The average Bonchev–Trinajstić information content (AvgIpc) is 2.79. The first-order valence-corrected chi connectivity index (χ1v) is 5.64. The molecule has 0 aliphatic carbocycles. The molecule has 2 rings (SSSR count). The maximum Gasteiger partial charge on any atom is 0.141 e. The van der Waals surface area contributed by atoms with Crippen molar-refractivity contribution in [1.29, 1.82) is 0 Å². The second kappa shape index (κ2) is 5.25. The van der Waals surface area contributed by atoms with Gasteiger partial charge in [0.1, 0.15) is 11.5 Å². The van der Waals surface area contributed by atoms with Gasteiger partial charge in [0.2, 0.25) is 0 Å². The number of halogens is 2. The fourth-order valence-corrected chi connectivity index (χ4v) is 1.63. The van der Waals surface area contributed by atoms with Crippen molar-refractivity contribution >= 4 is 11.6 Å². The van der Waals surface area contributed by atoms with Crippen LogP contribution in [0.5, 0.6) is 0 Å². The van der Waals surface area contributed by atoms with E-state index < -0.39 is 5.82 Å². The predicted octanol–water partition coefficient (Wildman–Crippen LogP) is 2.09. The van der Waals surface area contributed by atoms with Crippen LogP contribution in [-0.4, -0.2) is 21.5 Å². The van der Waals surface area contributed by atoms with Gasteiger partial charge in [0, 0.05) is 12.1 Å². The Labute approximate surface area is 103 Å². The fourth-order valence-electron chi connectivity index (χ4n) is 1.45. The van der Waals surface area contributed by atoms with Crippen LogP contribution in [-0.2, 0) is 6.54 Å². The minimum atomic E-state index is -0.439. The minimum Gasteiger partial charge on any atom is -0.330 e. The third-order valence-electron chi connectivity index (χ3n) is 2.35. The second-order valence-electron chi connectivity index (χ2n) is 3.64. The Balaban J connectivity index is 2.21. The number of nitrogens with zero attached hydrogens (tertiary/aromatic N) is 3. The van der Waals surface area contributed by atoms with Gasteiger partial charge in [-0.15, -0.1) is 5.10 Å². The summed E-state index contributed by atoms with van der Waals surface area (Å²) in [6.45, 7) is 1.33. The molecule has 0 atom stereocenters. The molecule has 2 N–H and O–H groups in total. The Morgan fingerprint density at radius 1 is 1.41 bits per heavy atom. The second-order valence-corrected chi connectivity index (χ2v) is 4.05. The third kappa shape index (κ3) is 2.81. The lowest BCUT2D eigenvalue weighted by Gasteiger charge is -1.98. The molecule has 1 aromatic carbocycles. The number of aryl methyl sites for hydroxylation is 1. The van der Waals surface area contributed by atoms with Crippen LogP contribution in [0.1, 0.15) is 6.42 Å². The number of hydrogen-bond acceptors (Lipinski definition) is 3. The van der Waals surface area contributed by atoms with Crippen molar-refractivity contribution in [3.8, 4) is 11.3 Å². The molecule has 90 valence electrons. The highest BCUT2D eigenvalue weighted by Crippen LogP contribution is 2.22. The lowest BCUT2D eigenvalue weighted by atomic mass is 10.2.